The van der Waals surface area contributed by atoms with E-state index in [1.807, 2.05) is 24.3 Å². The van der Waals surface area contributed by atoms with Gasteiger partial charge < -0.3 is 20.5 Å². The number of hydrogen-bond donors (Lipinski definition) is 3. The number of amides is 2. The average Bonchev–Trinajstić information content (AvgIpc) is 3.06. The zero-order chi connectivity index (χ0) is 20.8. The minimum Gasteiger partial charge on any atom is -0.480 e. The second-order valence-electron chi connectivity index (χ2n) is 6.85. The molecule has 0 spiro atoms. The highest BCUT2D eigenvalue weighted by Gasteiger charge is 2.26. The van der Waals surface area contributed by atoms with Crippen LogP contribution in [0.25, 0.3) is 0 Å². The van der Waals surface area contributed by atoms with Crippen LogP contribution in [-0.4, -0.2) is 36.1 Å². The van der Waals surface area contributed by atoms with Crippen molar-refractivity contribution in [3.05, 3.63) is 45.8 Å². The van der Waals surface area contributed by atoms with Crippen LogP contribution in [0.15, 0.2) is 24.3 Å². The van der Waals surface area contributed by atoms with E-state index in [2.05, 4.69) is 17.6 Å². The first-order chi connectivity index (χ1) is 14.0. The lowest BCUT2D eigenvalue weighted by Gasteiger charge is -2.13. The van der Waals surface area contributed by atoms with Gasteiger partial charge in [-0.2, -0.15) is 0 Å². The van der Waals surface area contributed by atoms with Gasteiger partial charge in [0, 0.05) is 10.6 Å². The molecule has 1 aliphatic rings. The number of carboxylic acid groups (broad SMARTS) is 1. The van der Waals surface area contributed by atoms with Crippen molar-refractivity contribution in [2.24, 2.45) is 0 Å². The Kier molecular flexibility index (Phi) is 7.00. The van der Waals surface area contributed by atoms with Crippen LogP contribution in [0, 0.1) is 0 Å². The van der Waals surface area contributed by atoms with Crippen LogP contribution < -0.4 is 10.6 Å². The summed E-state index contributed by atoms with van der Waals surface area (Å²) in [6.07, 6.45) is 4.67. The van der Waals surface area contributed by atoms with Crippen molar-refractivity contribution < 1.29 is 24.2 Å². The minimum absolute atomic E-state index is 0.254. The fourth-order valence-corrected chi connectivity index (χ4v) is 4.61. The van der Waals surface area contributed by atoms with Gasteiger partial charge in [0.2, 0.25) is 0 Å². The zero-order valence-corrected chi connectivity index (χ0v) is 17.1. The van der Waals surface area contributed by atoms with Crippen LogP contribution in [0.2, 0.25) is 0 Å². The summed E-state index contributed by atoms with van der Waals surface area (Å²) < 4.78 is 4.84. The number of carbonyl (C=O) groups is 3. The summed E-state index contributed by atoms with van der Waals surface area (Å²) in [5.41, 5.74) is 3.37. The Morgan fingerprint density at radius 2 is 1.79 bits per heavy atom. The molecule has 0 saturated carbocycles. The number of aliphatic carboxylic acids is 1. The molecule has 1 aromatic heterocycles. The molecule has 2 amide bonds. The van der Waals surface area contributed by atoms with E-state index in [0.29, 0.717) is 16.3 Å². The lowest BCUT2D eigenvalue weighted by atomic mass is 9.95. The topological polar surface area (TPSA) is 105 Å². The largest absolute Gasteiger partial charge is 0.480 e. The van der Waals surface area contributed by atoms with Crippen LogP contribution >= 0.6 is 11.3 Å². The van der Waals surface area contributed by atoms with Gasteiger partial charge in [-0.3, -0.25) is 9.59 Å². The quantitative estimate of drug-likeness (QED) is 0.611. The van der Waals surface area contributed by atoms with Crippen LogP contribution in [0.1, 0.15) is 46.1 Å². The molecule has 1 aliphatic carbocycles. The molecule has 0 saturated heterocycles. The normalized spacial score (nSPS) is 12.9. The molecule has 0 bridgehead atoms. The molecule has 0 atom stereocenters. The van der Waals surface area contributed by atoms with E-state index in [0.717, 1.165) is 42.5 Å². The first kappa shape index (κ1) is 21.0. The van der Waals surface area contributed by atoms with Gasteiger partial charge >= 0.3 is 5.97 Å². The smallest absolute Gasteiger partial charge is 0.329 e. The van der Waals surface area contributed by atoms with Crippen LogP contribution in [0.3, 0.4) is 0 Å². The summed E-state index contributed by atoms with van der Waals surface area (Å²) in [4.78, 5) is 36.8. The Balaban J connectivity index is 1.78. The molecule has 0 aliphatic heterocycles. The van der Waals surface area contributed by atoms with Gasteiger partial charge in [0.05, 0.1) is 5.56 Å². The van der Waals surface area contributed by atoms with Gasteiger partial charge in [-0.1, -0.05) is 19.1 Å². The van der Waals surface area contributed by atoms with Gasteiger partial charge in [0.25, 0.3) is 11.8 Å². The molecular formula is C21H24N2O5S. The highest BCUT2D eigenvalue weighted by molar-refractivity contribution is 7.17. The third kappa shape index (κ3) is 5.42. The number of ether oxygens (including phenoxy) is 1. The Hall–Kier alpha value is -2.71. The standard InChI is InChI=1S/C21H24N2O5S/c1-2-13-7-9-14(10-8-13)22-20(27)19-15-5-3-4-6-16(15)29-21(19)23-17(24)11-28-12-18(25)26/h7-10H,2-6,11-12H2,1H3,(H,22,27)(H,23,24)(H,25,26). The summed E-state index contributed by atoms with van der Waals surface area (Å²) in [5, 5.41) is 14.8. The van der Waals surface area contributed by atoms with Crippen molar-refractivity contribution >= 4 is 39.8 Å². The molecular weight excluding hydrogens is 392 g/mol. The number of aryl methyl sites for hydroxylation is 2. The van der Waals surface area contributed by atoms with E-state index < -0.39 is 18.5 Å². The van der Waals surface area contributed by atoms with Gasteiger partial charge in [0.1, 0.15) is 18.2 Å². The van der Waals surface area contributed by atoms with Gasteiger partial charge in [0.15, 0.2) is 0 Å². The lowest BCUT2D eigenvalue weighted by Crippen LogP contribution is -2.22. The molecule has 1 aromatic carbocycles. The molecule has 0 fully saturated rings. The average molecular weight is 416 g/mol. The third-order valence-electron chi connectivity index (χ3n) is 4.73. The molecule has 2 aromatic rings. The second-order valence-corrected chi connectivity index (χ2v) is 7.96. The number of fused-ring (bicyclic) bond motifs is 1. The number of anilines is 2. The predicted octanol–water partition coefficient (Wildman–Crippen LogP) is 3.48. The summed E-state index contributed by atoms with van der Waals surface area (Å²) in [6, 6.07) is 7.68. The van der Waals surface area contributed by atoms with E-state index in [4.69, 9.17) is 9.84 Å². The molecule has 29 heavy (non-hydrogen) atoms. The van der Waals surface area contributed by atoms with E-state index in [1.165, 1.54) is 16.9 Å². The number of carboxylic acids is 1. The van der Waals surface area contributed by atoms with Crippen molar-refractivity contribution in [3.63, 3.8) is 0 Å². The van der Waals surface area contributed by atoms with Gasteiger partial charge in [-0.25, -0.2) is 4.79 Å². The number of hydrogen-bond acceptors (Lipinski definition) is 5. The van der Waals surface area contributed by atoms with Crippen molar-refractivity contribution in [2.75, 3.05) is 23.8 Å². The van der Waals surface area contributed by atoms with E-state index in [1.54, 1.807) is 0 Å². The second kappa shape index (κ2) is 9.67. The fraction of sp³-hybridized carbons (Fsp3) is 0.381. The molecule has 1 heterocycles. The molecule has 3 N–H and O–H groups in total. The number of thiophene rings is 1. The first-order valence-corrected chi connectivity index (χ1v) is 10.4. The highest BCUT2D eigenvalue weighted by atomic mass is 32.1. The number of carbonyl (C=O) groups excluding carboxylic acids is 2. The first-order valence-electron chi connectivity index (χ1n) is 9.62. The van der Waals surface area contributed by atoms with Gasteiger partial charge in [-0.05, 0) is 55.4 Å². The summed E-state index contributed by atoms with van der Waals surface area (Å²) in [7, 11) is 0. The van der Waals surface area contributed by atoms with Crippen molar-refractivity contribution in [3.8, 4) is 0 Å². The van der Waals surface area contributed by atoms with E-state index in [-0.39, 0.29) is 12.5 Å². The summed E-state index contributed by atoms with van der Waals surface area (Å²) in [5.74, 6) is -1.87. The maximum absolute atomic E-state index is 13.0. The maximum Gasteiger partial charge on any atom is 0.329 e. The Bertz CT molecular complexity index is 905. The van der Waals surface area contributed by atoms with E-state index in [9.17, 15) is 14.4 Å². The molecule has 0 radical (unpaired) electrons. The van der Waals surface area contributed by atoms with Crippen molar-refractivity contribution in [1.29, 1.82) is 0 Å². The number of rotatable bonds is 8. The third-order valence-corrected chi connectivity index (χ3v) is 5.94. The van der Waals surface area contributed by atoms with Crippen LogP contribution in [0.5, 0.6) is 0 Å². The van der Waals surface area contributed by atoms with Gasteiger partial charge in [-0.15, -0.1) is 11.3 Å². The van der Waals surface area contributed by atoms with E-state index >= 15 is 0 Å². The molecule has 8 heteroatoms. The molecule has 3 rings (SSSR count). The summed E-state index contributed by atoms with van der Waals surface area (Å²) >= 11 is 1.41. The lowest BCUT2D eigenvalue weighted by molar-refractivity contribution is -0.143. The van der Waals surface area contributed by atoms with Crippen molar-refractivity contribution in [1.82, 2.24) is 0 Å². The molecule has 7 nitrogen and oxygen atoms in total. The SMILES string of the molecule is CCc1ccc(NC(=O)c2c(NC(=O)COCC(=O)O)sc3c2CCCC3)cc1. The zero-order valence-electron chi connectivity index (χ0n) is 16.2. The molecule has 154 valence electrons. The Morgan fingerprint density at radius 3 is 2.48 bits per heavy atom. The monoisotopic (exact) mass is 416 g/mol. The fourth-order valence-electron chi connectivity index (χ4n) is 3.31. The van der Waals surface area contributed by atoms with Crippen LogP contribution in [-0.2, 0) is 33.6 Å². The Labute approximate surface area is 173 Å². The number of benzene rings is 1. The summed E-state index contributed by atoms with van der Waals surface area (Å²) in [6.45, 7) is 1.14. The predicted molar refractivity (Wildman–Crippen MR) is 112 cm³/mol. The minimum atomic E-state index is -1.14. The van der Waals surface area contributed by atoms with Crippen molar-refractivity contribution in [2.45, 2.75) is 39.0 Å². The molecule has 0 unspecified atom stereocenters. The van der Waals surface area contributed by atoms with Crippen LogP contribution in [0.4, 0.5) is 10.7 Å². The maximum atomic E-state index is 13.0. The Morgan fingerprint density at radius 1 is 1.07 bits per heavy atom. The number of nitrogens with one attached hydrogen (secondary N) is 2. The highest BCUT2D eigenvalue weighted by Crippen LogP contribution is 2.38.